The van der Waals surface area contributed by atoms with Gasteiger partial charge in [0.2, 0.25) is 5.91 Å². The standard InChI is InChI=1S/C16H22N2O3S/c1-4-10-22(20,21)12-16(19)18(9-5-8-17)15-7-6-13(2)14(3)11-15/h6-7,11H,4-5,9-10,12H2,1-3H3. The third-order valence-electron chi connectivity index (χ3n) is 3.41. The number of rotatable bonds is 7. The lowest BCUT2D eigenvalue weighted by atomic mass is 10.1. The Bertz CT molecular complexity index is 675. The summed E-state index contributed by atoms with van der Waals surface area (Å²) in [5, 5.41) is 8.75. The lowest BCUT2D eigenvalue weighted by Crippen LogP contribution is -2.37. The van der Waals surface area contributed by atoms with Crippen LogP contribution in [-0.4, -0.2) is 32.4 Å². The third kappa shape index (κ3) is 5.15. The highest BCUT2D eigenvalue weighted by Crippen LogP contribution is 2.20. The predicted molar refractivity (Wildman–Crippen MR) is 87.4 cm³/mol. The highest BCUT2D eigenvalue weighted by molar-refractivity contribution is 7.92. The molecular weight excluding hydrogens is 300 g/mol. The van der Waals surface area contributed by atoms with Crippen LogP contribution in [0.4, 0.5) is 5.69 Å². The smallest absolute Gasteiger partial charge is 0.242 e. The summed E-state index contributed by atoms with van der Waals surface area (Å²) in [5.74, 6) is -0.997. The van der Waals surface area contributed by atoms with Gasteiger partial charge in [0.05, 0.1) is 18.2 Å². The van der Waals surface area contributed by atoms with Crippen molar-refractivity contribution in [1.29, 1.82) is 5.26 Å². The van der Waals surface area contributed by atoms with Crippen LogP contribution in [-0.2, 0) is 14.6 Å². The number of carbonyl (C=O) groups is 1. The maximum Gasteiger partial charge on any atom is 0.242 e. The van der Waals surface area contributed by atoms with Crippen molar-refractivity contribution < 1.29 is 13.2 Å². The van der Waals surface area contributed by atoms with E-state index in [1.165, 1.54) is 4.90 Å². The molecule has 6 heteroatoms. The van der Waals surface area contributed by atoms with E-state index in [0.717, 1.165) is 11.1 Å². The molecule has 0 saturated heterocycles. The van der Waals surface area contributed by atoms with Crippen LogP contribution < -0.4 is 4.90 Å². The molecular formula is C16H22N2O3S. The Kier molecular flexibility index (Phi) is 6.57. The largest absolute Gasteiger partial charge is 0.311 e. The van der Waals surface area contributed by atoms with Crippen LogP contribution >= 0.6 is 0 Å². The second-order valence-corrected chi connectivity index (χ2v) is 7.50. The van der Waals surface area contributed by atoms with E-state index in [-0.39, 0.29) is 18.7 Å². The number of benzene rings is 1. The average Bonchev–Trinajstić information content (AvgIpc) is 2.42. The zero-order chi connectivity index (χ0) is 16.8. The SMILES string of the molecule is CCCS(=O)(=O)CC(=O)N(CCC#N)c1ccc(C)c(C)c1. The maximum absolute atomic E-state index is 12.4. The van der Waals surface area contributed by atoms with Gasteiger partial charge in [0.25, 0.3) is 0 Å². The molecule has 120 valence electrons. The molecule has 0 aromatic heterocycles. The molecule has 0 aliphatic carbocycles. The van der Waals surface area contributed by atoms with Crippen molar-refractivity contribution in [2.45, 2.75) is 33.6 Å². The Labute approximate surface area is 132 Å². The van der Waals surface area contributed by atoms with Gasteiger partial charge in [0, 0.05) is 12.2 Å². The van der Waals surface area contributed by atoms with Crippen LogP contribution in [0.25, 0.3) is 0 Å². The first-order valence-corrected chi connectivity index (χ1v) is 9.08. The molecule has 0 heterocycles. The van der Waals surface area contributed by atoms with Crippen LogP contribution in [0.5, 0.6) is 0 Å². The number of sulfone groups is 1. The number of hydrogen-bond acceptors (Lipinski definition) is 4. The molecule has 1 amide bonds. The van der Waals surface area contributed by atoms with Crippen LogP contribution in [0.2, 0.25) is 0 Å². The first kappa shape index (κ1) is 18.2. The summed E-state index contributed by atoms with van der Waals surface area (Å²) in [4.78, 5) is 13.8. The normalized spacial score (nSPS) is 11.0. The van der Waals surface area contributed by atoms with E-state index in [1.807, 2.05) is 32.0 Å². The molecule has 0 N–H and O–H groups in total. The number of hydrogen-bond donors (Lipinski definition) is 0. The van der Waals surface area contributed by atoms with Gasteiger partial charge in [-0.2, -0.15) is 5.26 Å². The monoisotopic (exact) mass is 322 g/mol. The molecule has 0 radical (unpaired) electrons. The van der Waals surface area contributed by atoms with Gasteiger partial charge in [0.1, 0.15) is 5.75 Å². The molecule has 0 aliphatic rings. The number of anilines is 1. The van der Waals surface area contributed by atoms with Crippen molar-refractivity contribution in [3.63, 3.8) is 0 Å². The fourth-order valence-electron chi connectivity index (χ4n) is 2.10. The van der Waals surface area contributed by atoms with Crippen molar-refractivity contribution in [3.05, 3.63) is 29.3 Å². The van der Waals surface area contributed by atoms with Crippen molar-refractivity contribution in [3.8, 4) is 6.07 Å². The minimum atomic E-state index is -3.40. The molecule has 5 nitrogen and oxygen atoms in total. The molecule has 1 aromatic carbocycles. The van der Waals surface area contributed by atoms with E-state index in [2.05, 4.69) is 0 Å². The first-order valence-electron chi connectivity index (χ1n) is 7.25. The van der Waals surface area contributed by atoms with Gasteiger partial charge in [-0.1, -0.05) is 13.0 Å². The van der Waals surface area contributed by atoms with E-state index < -0.39 is 21.5 Å². The second kappa shape index (κ2) is 7.95. The maximum atomic E-state index is 12.4. The summed E-state index contributed by atoms with van der Waals surface area (Å²) >= 11 is 0. The lowest BCUT2D eigenvalue weighted by molar-refractivity contribution is -0.116. The summed E-state index contributed by atoms with van der Waals surface area (Å²) in [6.45, 7) is 5.85. The van der Waals surface area contributed by atoms with Gasteiger partial charge in [-0.25, -0.2) is 8.42 Å². The van der Waals surface area contributed by atoms with Gasteiger partial charge in [-0.3, -0.25) is 4.79 Å². The number of aryl methyl sites for hydroxylation is 2. The summed E-state index contributed by atoms with van der Waals surface area (Å²) in [6, 6.07) is 7.51. The van der Waals surface area contributed by atoms with Gasteiger partial charge in [-0.15, -0.1) is 0 Å². The third-order valence-corrected chi connectivity index (χ3v) is 5.13. The lowest BCUT2D eigenvalue weighted by Gasteiger charge is -2.22. The van der Waals surface area contributed by atoms with E-state index in [9.17, 15) is 13.2 Å². The highest BCUT2D eigenvalue weighted by Gasteiger charge is 2.22. The first-order chi connectivity index (χ1) is 10.3. The Morgan fingerprint density at radius 2 is 1.95 bits per heavy atom. The summed E-state index contributed by atoms with van der Waals surface area (Å²) < 4.78 is 23.7. The Balaban J connectivity index is 3.04. The molecule has 0 unspecified atom stereocenters. The molecule has 0 spiro atoms. The summed E-state index contributed by atoms with van der Waals surface area (Å²) in [6.07, 6.45) is 0.643. The number of nitriles is 1. The Morgan fingerprint density at radius 1 is 1.27 bits per heavy atom. The molecule has 1 aromatic rings. The van der Waals surface area contributed by atoms with Crippen LogP contribution in [0.1, 0.15) is 30.9 Å². The summed E-state index contributed by atoms with van der Waals surface area (Å²) in [5.41, 5.74) is 2.74. The Hall–Kier alpha value is -1.87. The highest BCUT2D eigenvalue weighted by atomic mass is 32.2. The molecule has 1 rings (SSSR count). The van der Waals surface area contributed by atoms with Gasteiger partial charge in [0.15, 0.2) is 9.84 Å². The zero-order valence-electron chi connectivity index (χ0n) is 13.3. The molecule has 0 fully saturated rings. The summed E-state index contributed by atoms with van der Waals surface area (Å²) in [7, 11) is -3.40. The molecule has 22 heavy (non-hydrogen) atoms. The van der Waals surface area contributed by atoms with Gasteiger partial charge in [-0.05, 0) is 43.5 Å². The van der Waals surface area contributed by atoms with E-state index in [4.69, 9.17) is 5.26 Å². The van der Waals surface area contributed by atoms with Gasteiger partial charge >= 0.3 is 0 Å². The number of carbonyl (C=O) groups excluding carboxylic acids is 1. The molecule has 0 saturated carbocycles. The Morgan fingerprint density at radius 3 is 2.50 bits per heavy atom. The molecule has 0 bridgehead atoms. The van der Waals surface area contributed by atoms with E-state index in [1.54, 1.807) is 13.0 Å². The fraction of sp³-hybridized carbons (Fsp3) is 0.500. The van der Waals surface area contributed by atoms with Crippen LogP contribution in [0.15, 0.2) is 18.2 Å². The number of amides is 1. The van der Waals surface area contributed by atoms with Crippen molar-refractivity contribution in [2.75, 3.05) is 23.0 Å². The van der Waals surface area contributed by atoms with E-state index in [0.29, 0.717) is 12.1 Å². The van der Waals surface area contributed by atoms with Crippen LogP contribution in [0.3, 0.4) is 0 Å². The molecule has 0 aliphatic heterocycles. The molecule has 0 atom stereocenters. The van der Waals surface area contributed by atoms with Crippen molar-refractivity contribution >= 4 is 21.4 Å². The second-order valence-electron chi connectivity index (χ2n) is 5.31. The minimum Gasteiger partial charge on any atom is -0.311 e. The van der Waals surface area contributed by atoms with Crippen molar-refractivity contribution in [2.24, 2.45) is 0 Å². The van der Waals surface area contributed by atoms with Crippen molar-refractivity contribution in [1.82, 2.24) is 0 Å². The topological polar surface area (TPSA) is 78.2 Å². The average molecular weight is 322 g/mol. The fourth-order valence-corrected chi connectivity index (χ4v) is 3.40. The quantitative estimate of drug-likeness (QED) is 0.772. The van der Waals surface area contributed by atoms with E-state index >= 15 is 0 Å². The minimum absolute atomic E-state index is 0.00223. The predicted octanol–water partition coefficient (Wildman–Crippen LogP) is 2.37. The van der Waals surface area contributed by atoms with Gasteiger partial charge < -0.3 is 4.90 Å². The van der Waals surface area contributed by atoms with Crippen LogP contribution in [0, 0.1) is 25.2 Å². The number of nitrogens with zero attached hydrogens (tertiary/aromatic N) is 2. The zero-order valence-corrected chi connectivity index (χ0v) is 14.1.